The molecule has 0 saturated heterocycles. The molecule has 0 atom stereocenters. The fourth-order valence-corrected chi connectivity index (χ4v) is 1.79. The number of aromatic amines is 1. The summed E-state index contributed by atoms with van der Waals surface area (Å²) < 4.78 is 0. The first kappa shape index (κ1) is 12.6. The van der Waals surface area contributed by atoms with Crippen molar-refractivity contribution in [3.8, 4) is 0 Å². The number of hydrogen-bond acceptors (Lipinski definition) is 3. The van der Waals surface area contributed by atoms with Crippen molar-refractivity contribution in [2.45, 2.75) is 13.0 Å². The molecule has 4 heteroatoms. The van der Waals surface area contributed by atoms with Gasteiger partial charge in [0.25, 0.3) is 0 Å². The molecule has 0 saturated carbocycles. The third kappa shape index (κ3) is 3.60. The third-order valence-corrected chi connectivity index (χ3v) is 2.88. The monoisotopic (exact) mass is 244 g/mol. The molecule has 0 spiro atoms. The van der Waals surface area contributed by atoms with Crippen molar-refractivity contribution in [1.29, 1.82) is 0 Å². The smallest absolute Gasteiger partial charge is 0.107 e. The summed E-state index contributed by atoms with van der Waals surface area (Å²) in [5.74, 6) is 1.03. The van der Waals surface area contributed by atoms with E-state index in [-0.39, 0.29) is 0 Å². The predicted molar refractivity (Wildman–Crippen MR) is 74.8 cm³/mol. The third-order valence-electron chi connectivity index (χ3n) is 2.88. The van der Waals surface area contributed by atoms with Crippen LogP contribution in [0.4, 0.5) is 5.69 Å². The van der Waals surface area contributed by atoms with Crippen LogP contribution in [0.25, 0.3) is 0 Å². The topological polar surface area (TPSA) is 44.0 Å². The van der Waals surface area contributed by atoms with Crippen molar-refractivity contribution in [1.82, 2.24) is 15.3 Å². The van der Waals surface area contributed by atoms with Crippen LogP contribution in [0.1, 0.15) is 11.4 Å². The fourth-order valence-electron chi connectivity index (χ4n) is 1.79. The number of benzene rings is 1. The van der Waals surface area contributed by atoms with Crippen molar-refractivity contribution in [3.63, 3.8) is 0 Å². The van der Waals surface area contributed by atoms with Crippen LogP contribution in [0, 0.1) is 0 Å². The summed E-state index contributed by atoms with van der Waals surface area (Å²) in [6.07, 6.45) is 4.58. The van der Waals surface area contributed by atoms with Gasteiger partial charge in [0.05, 0.1) is 0 Å². The Morgan fingerprint density at radius 3 is 2.61 bits per heavy atom. The summed E-state index contributed by atoms with van der Waals surface area (Å²) >= 11 is 0. The molecule has 1 aromatic heterocycles. The van der Waals surface area contributed by atoms with Gasteiger partial charge >= 0.3 is 0 Å². The SMILES string of the molecule is CN(C)c1ccc(CNCCc2ncc[nH]2)cc1. The van der Waals surface area contributed by atoms with Crippen LogP contribution in [0.3, 0.4) is 0 Å². The van der Waals surface area contributed by atoms with Gasteiger partial charge in [-0.3, -0.25) is 0 Å². The Morgan fingerprint density at radius 2 is 2.00 bits per heavy atom. The fraction of sp³-hybridized carbons (Fsp3) is 0.357. The minimum Gasteiger partial charge on any atom is -0.378 e. The minimum atomic E-state index is 0.897. The zero-order valence-corrected chi connectivity index (χ0v) is 11.0. The Morgan fingerprint density at radius 1 is 1.22 bits per heavy atom. The van der Waals surface area contributed by atoms with Crippen molar-refractivity contribution in [2.75, 3.05) is 25.5 Å². The Hall–Kier alpha value is -1.81. The molecule has 0 aliphatic carbocycles. The Labute approximate surface area is 108 Å². The molecular weight excluding hydrogens is 224 g/mol. The first-order valence-corrected chi connectivity index (χ1v) is 6.21. The van der Waals surface area contributed by atoms with E-state index in [1.807, 2.05) is 6.20 Å². The molecule has 0 fully saturated rings. The van der Waals surface area contributed by atoms with Gasteiger partial charge in [-0.2, -0.15) is 0 Å². The summed E-state index contributed by atoms with van der Waals surface area (Å²) in [4.78, 5) is 9.40. The number of aromatic nitrogens is 2. The van der Waals surface area contributed by atoms with E-state index in [4.69, 9.17) is 0 Å². The average molecular weight is 244 g/mol. The van der Waals surface area contributed by atoms with Gasteiger partial charge in [-0.1, -0.05) is 12.1 Å². The number of H-pyrrole nitrogens is 1. The summed E-state index contributed by atoms with van der Waals surface area (Å²) in [7, 11) is 4.10. The summed E-state index contributed by atoms with van der Waals surface area (Å²) in [5, 5.41) is 3.42. The van der Waals surface area contributed by atoms with E-state index < -0.39 is 0 Å². The van der Waals surface area contributed by atoms with Crippen molar-refractivity contribution in [3.05, 3.63) is 48.0 Å². The predicted octanol–water partition coefficient (Wildman–Crippen LogP) is 1.81. The Bertz CT molecular complexity index is 445. The average Bonchev–Trinajstić information content (AvgIpc) is 2.88. The second-order valence-electron chi connectivity index (χ2n) is 4.52. The molecule has 2 aromatic rings. The highest BCUT2D eigenvalue weighted by Crippen LogP contribution is 2.11. The van der Waals surface area contributed by atoms with E-state index in [1.54, 1.807) is 6.20 Å². The lowest BCUT2D eigenvalue weighted by molar-refractivity contribution is 0.674. The molecule has 1 aromatic carbocycles. The number of nitrogens with zero attached hydrogens (tertiary/aromatic N) is 2. The van der Waals surface area contributed by atoms with Gasteiger partial charge in [0.2, 0.25) is 0 Å². The summed E-state index contributed by atoms with van der Waals surface area (Å²) in [5.41, 5.74) is 2.54. The van der Waals surface area contributed by atoms with Crippen LogP contribution in [0.15, 0.2) is 36.7 Å². The van der Waals surface area contributed by atoms with Crippen LogP contribution in [-0.4, -0.2) is 30.6 Å². The maximum absolute atomic E-state index is 4.19. The van der Waals surface area contributed by atoms with Gasteiger partial charge in [-0.15, -0.1) is 0 Å². The molecule has 18 heavy (non-hydrogen) atoms. The normalized spacial score (nSPS) is 10.6. The first-order chi connectivity index (χ1) is 8.75. The number of imidazole rings is 1. The molecule has 2 rings (SSSR count). The van der Waals surface area contributed by atoms with E-state index >= 15 is 0 Å². The molecule has 0 aliphatic rings. The molecule has 0 amide bonds. The van der Waals surface area contributed by atoms with Crippen LogP contribution in [-0.2, 0) is 13.0 Å². The molecule has 0 bridgehead atoms. The van der Waals surface area contributed by atoms with E-state index in [9.17, 15) is 0 Å². The van der Waals surface area contributed by atoms with Gasteiger partial charge in [0, 0.05) is 51.7 Å². The minimum absolute atomic E-state index is 0.897. The maximum atomic E-state index is 4.19. The first-order valence-electron chi connectivity index (χ1n) is 6.21. The lowest BCUT2D eigenvalue weighted by Crippen LogP contribution is -2.17. The molecule has 4 nitrogen and oxygen atoms in total. The van der Waals surface area contributed by atoms with E-state index in [2.05, 4.69) is 58.5 Å². The van der Waals surface area contributed by atoms with Gasteiger partial charge < -0.3 is 15.2 Å². The number of rotatable bonds is 6. The lowest BCUT2D eigenvalue weighted by atomic mass is 10.2. The van der Waals surface area contributed by atoms with Crippen molar-refractivity contribution >= 4 is 5.69 Å². The van der Waals surface area contributed by atoms with Gasteiger partial charge in [0.15, 0.2) is 0 Å². The highest BCUT2D eigenvalue weighted by molar-refractivity contribution is 5.45. The number of hydrogen-bond donors (Lipinski definition) is 2. The van der Waals surface area contributed by atoms with Gasteiger partial charge in [-0.25, -0.2) is 4.98 Å². The maximum Gasteiger partial charge on any atom is 0.107 e. The molecule has 0 unspecified atom stereocenters. The largest absolute Gasteiger partial charge is 0.378 e. The quantitative estimate of drug-likeness (QED) is 0.762. The summed E-state index contributed by atoms with van der Waals surface area (Å²) in [6.45, 7) is 1.83. The molecule has 2 N–H and O–H groups in total. The van der Waals surface area contributed by atoms with Gasteiger partial charge in [-0.05, 0) is 17.7 Å². The van der Waals surface area contributed by atoms with Crippen LogP contribution < -0.4 is 10.2 Å². The molecule has 0 radical (unpaired) electrons. The van der Waals surface area contributed by atoms with E-state index in [1.165, 1.54) is 11.3 Å². The standard InChI is InChI=1S/C14H20N4/c1-18(2)13-5-3-12(4-6-13)11-15-8-7-14-16-9-10-17-14/h3-6,9-10,15H,7-8,11H2,1-2H3,(H,16,17). The molecular formula is C14H20N4. The highest BCUT2D eigenvalue weighted by Gasteiger charge is 1.97. The second kappa shape index (κ2) is 6.21. The number of nitrogens with one attached hydrogen (secondary N) is 2. The molecule has 96 valence electrons. The highest BCUT2D eigenvalue weighted by atomic mass is 15.1. The zero-order valence-electron chi connectivity index (χ0n) is 11.0. The number of anilines is 1. The molecule has 0 aliphatic heterocycles. The lowest BCUT2D eigenvalue weighted by Gasteiger charge is -2.12. The van der Waals surface area contributed by atoms with Crippen LogP contribution in [0.2, 0.25) is 0 Å². The van der Waals surface area contributed by atoms with E-state index in [0.29, 0.717) is 0 Å². The van der Waals surface area contributed by atoms with Gasteiger partial charge in [0.1, 0.15) is 5.82 Å². The van der Waals surface area contributed by atoms with Crippen molar-refractivity contribution < 1.29 is 0 Å². The van der Waals surface area contributed by atoms with Crippen LogP contribution >= 0.6 is 0 Å². The van der Waals surface area contributed by atoms with E-state index in [0.717, 1.165) is 25.3 Å². The summed E-state index contributed by atoms with van der Waals surface area (Å²) in [6, 6.07) is 8.61. The Balaban J connectivity index is 1.73. The second-order valence-corrected chi connectivity index (χ2v) is 4.52. The Kier molecular flexibility index (Phi) is 4.36. The zero-order chi connectivity index (χ0) is 12.8. The van der Waals surface area contributed by atoms with Crippen LogP contribution in [0.5, 0.6) is 0 Å². The molecule has 1 heterocycles. The van der Waals surface area contributed by atoms with Crippen molar-refractivity contribution in [2.24, 2.45) is 0 Å².